The topological polar surface area (TPSA) is 144 Å². The second kappa shape index (κ2) is 9.84. The van der Waals surface area contributed by atoms with Gasteiger partial charge in [0, 0.05) is 28.8 Å². The van der Waals surface area contributed by atoms with Crippen molar-refractivity contribution in [2.75, 3.05) is 0 Å². The minimum Gasteiger partial charge on any atom is -0.272 e. The smallest absolute Gasteiger partial charge is 0.272 e. The summed E-state index contributed by atoms with van der Waals surface area (Å²) in [4.78, 5) is 59.0. The third-order valence-electron chi connectivity index (χ3n) is 7.23. The summed E-state index contributed by atoms with van der Waals surface area (Å²) >= 11 is 45.1. The number of alkyl halides is 4. The van der Waals surface area contributed by atoms with Gasteiger partial charge in [-0.05, 0) is 18.2 Å². The number of amides is 3. The van der Waals surface area contributed by atoms with Gasteiger partial charge >= 0.3 is 0 Å². The first-order valence-corrected chi connectivity index (χ1v) is 13.8. The molecule has 5 rings (SSSR count). The Morgan fingerprint density at radius 1 is 0.878 bits per heavy atom. The summed E-state index contributed by atoms with van der Waals surface area (Å²) in [5.41, 5.74) is -1.47. The van der Waals surface area contributed by atoms with Crippen LogP contribution in [0.1, 0.15) is 15.9 Å². The van der Waals surface area contributed by atoms with Crippen LogP contribution in [-0.4, -0.2) is 51.7 Å². The summed E-state index contributed by atoms with van der Waals surface area (Å²) in [5.74, 6) is -6.55. The number of allylic oxidation sites excluding steroid dienone is 2. The van der Waals surface area contributed by atoms with Crippen molar-refractivity contribution >= 4 is 110 Å². The number of hydrogen-bond acceptors (Lipinski definition) is 7. The number of nitro benzene ring substituents is 2. The van der Waals surface area contributed by atoms with Gasteiger partial charge in [0.15, 0.2) is 4.33 Å². The molecule has 2 fully saturated rings. The molecule has 2 aromatic rings. The van der Waals surface area contributed by atoms with Gasteiger partial charge in [0.1, 0.15) is 9.75 Å². The lowest BCUT2D eigenvalue weighted by atomic mass is 9.84. The second-order valence-corrected chi connectivity index (χ2v) is 13.0. The number of imide groups is 1. The van der Waals surface area contributed by atoms with Gasteiger partial charge in [-0.15, -0.1) is 23.2 Å². The fourth-order valence-electron chi connectivity index (χ4n) is 5.36. The van der Waals surface area contributed by atoms with Crippen LogP contribution < -0.4 is 0 Å². The quantitative estimate of drug-likeness (QED) is 0.152. The van der Waals surface area contributed by atoms with Crippen LogP contribution in [0.4, 0.5) is 11.4 Å². The van der Waals surface area contributed by atoms with Crippen LogP contribution in [0.2, 0.25) is 5.02 Å². The van der Waals surface area contributed by atoms with E-state index in [9.17, 15) is 34.6 Å². The Morgan fingerprint density at radius 3 is 1.95 bits per heavy atom. The van der Waals surface area contributed by atoms with Crippen molar-refractivity contribution in [3.8, 4) is 0 Å². The zero-order valence-corrected chi connectivity index (χ0v) is 25.0. The van der Waals surface area contributed by atoms with E-state index in [1.165, 1.54) is 24.3 Å². The number of rotatable bonds is 6. The maximum Gasteiger partial charge on any atom is 0.275 e. The lowest BCUT2D eigenvalue weighted by Crippen LogP contribution is -2.55. The molecule has 0 unspecified atom stereocenters. The number of nitro groups is 2. The zero-order valence-electron chi connectivity index (χ0n) is 19.7. The molecule has 2 bridgehead atoms. The molecule has 1 aliphatic heterocycles. The van der Waals surface area contributed by atoms with Gasteiger partial charge in [-0.3, -0.25) is 34.6 Å². The molecule has 0 N–H and O–H groups in total. The molecule has 0 radical (unpaired) electrons. The Bertz CT molecular complexity index is 1590. The largest absolute Gasteiger partial charge is 0.275 e. The molecule has 4 atom stereocenters. The maximum absolute atomic E-state index is 14.0. The standard InChI is InChI=1S/C23H11Cl7N4O7/c24-11-5-4-10(13(7-11)34(40)41)8-31(18(35)9-2-1-3-12(6-9)33(38)39)32-19(36)14-15(20(32)37)22(28)17(26)16(25)21(14,27)23(22,29)30/h1-7,14-15H,8H2/t14-,15-,21+,22+/m0/s1. The number of carbonyl (C=O) groups excluding carboxylic acids is 3. The van der Waals surface area contributed by atoms with E-state index in [2.05, 4.69) is 0 Å². The highest BCUT2D eigenvalue weighted by atomic mass is 35.5. The average Bonchev–Trinajstić information content (AvgIpc) is 3.30. The molecular formula is C23H11Cl7N4O7. The van der Waals surface area contributed by atoms with Gasteiger partial charge in [0.05, 0.1) is 43.9 Å². The number of non-ortho nitro benzene ring substituents is 1. The fraction of sp³-hybridized carbons (Fsp3) is 0.261. The highest BCUT2D eigenvalue weighted by molar-refractivity contribution is 6.66. The number of carbonyl (C=O) groups is 3. The number of fused-ring (bicyclic) bond motifs is 5. The third-order valence-corrected chi connectivity index (χ3v) is 11.7. The molecule has 3 aliphatic rings. The van der Waals surface area contributed by atoms with E-state index >= 15 is 0 Å². The van der Waals surface area contributed by atoms with Gasteiger partial charge < -0.3 is 0 Å². The monoisotopic (exact) mass is 700 g/mol. The Balaban J connectivity index is 1.66. The van der Waals surface area contributed by atoms with Crippen molar-refractivity contribution < 1.29 is 24.2 Å². The summed E-state index contributed by atoms with van der Waals surface area (Å²) in [6.07, 6.45) is 0. The molecule has 3 amide bonds. The molecule has 0 aromatic heterocycles. The molecule has 2 aromatic carbocycles. The first-order chi connectivity index (χ1) is 19.0. The van der Waals surface area contributed by atoms with Crippen molar-refractivity contribution in [3.05, 3.63) is 88.9 Å². The molecule has 214 valence electrons. The predicted octanol–water partition coefficient (Wildman–Crippen LogP) is 6.16. The molecule has 1 saturated carbocycles. The van der Waals surface area contributed by atoms with Crippen LogP contribution >= 0.6 is 81.2 Å². The minimum atomic E-state index is -2.24. The van der Waals surface area contributed by atoms with E-state index < -0.39 is 71.4 Å². The van der Waals surface area contributed by atoms with Gasteiger partial charge in [-0.25, -0.2) is 5.01 Å². The van der Waals surface area contributed by atoms with Crippen molar-refractivity contribution in [2.45, 2.75) is 20.6 Å². The Morgan fingerprint density at radius 2 is 1.44 bits per heavy atom. The number of hydrogen-bond donors (Lipinski definition) is 0. The van der Waals surface area contributed by atoms with Gasteiger partial charge in [0.2, 0.25) is 0 Å². The van der Waals surface area contributed by atoms with Crippen molar-refractivity contribution in [3.63, 3.8) is 0 Å². The predicted molar refractivity (Wildman–Crippen MR) is 150 cm³/mol. The van der Waals surface area contributed by atoms with Gasteiger partial charge in [0.25, 0.3) is 29.1 Å². The molecule has 0 spiro atoms. The van der Waals surface area contributed by atoms with Gasteiger partial charge in [-0.1, -0.05) is 64.1 Å². The molecular weight excluding hydrogens is 692 g/mol. The SMILES string of the molecule is O=C(c1cccc([N+](=O)[O-])c1)N(Cc1ccc(Cl)cc1[N+](=O)[O-])N1C(=O)[C@@H]2[C@@H](C1=O)[C@@]1(Cl)C(Cl)=C(Cl)[C@@]2(Cl)C1(Cl)Cl. The van der Waals surface area contributed by atoms with Crippen LogP contribution in [0, 0.1) is 32.1 Å². The van der Waals surface area contributed by atoms with Crippen molar-refractivity contribution in [2.24, 2.45) is 11.8 Å². The van der Waals surface area contributed by atoms with Gasteiger partial charge in [-0.2, -0.15) is 5.01 Å². The van der Waals surface area contributed by atoms with Crippen LogP contribution in [-0.2, 0) is 16.1 Å². The van der Waals surface area contributed by atoms with E-state index in [1.54, 1.807) is 0 Å². The van der Waals surface area contributed by atoms with E-state index in [0.29, 0.717) is 10.0 Å². The van der Waals surface area contributed by atoms with E-state index in [0.717, 1.165) is 18.2 Å². The molecule has 18 heteroatoms. The summed E-state index contributed by atoms with van der Waals surface area (Å²) in [6, 6.07) is 7.94. The average molecular weight is 704 g/mol. The molecule has 11 nitrogen and oxygen atoms in total. The van der Waals surface area contributed by atoms with Crippen LogP contribution in [0.3, 0.4) is 0 Å². The van der Waals surface area contributed by atoms with E-state index in [-0.39, 0.29) is 26.2 Å². The lowest BCUT2D eigenvalue weighted by Gasteiger charge is -2.37. The normalized spacial score (nSPS) is 27.8. The van der Waals surface area contributed by atoms with Crippen LogP contribution in [0.25, 0.3) is 0 Å². The summed E-state index contributed by atoms with van der Waals surface area (Å²) in [5, 5.41) is 23.4. The number of nitrogens with zero attached hydrogens (tertiary/aromatic N) is 4. The van der Waals surface area contributed by atoms with Crippen molar-refractivity contribution in [1.29, 1.82) is 0 Å². The molecule has 1 saturated heterocycles. The number of hydrazine groups is 1. The third kappa shape index (κ3) is 3.90. The number of halogens is 7. The summed E-state index contributed by atoms with van der Waals surface area (Å²) < 4.78 is -2.24. The van der Waals surface area contributed by atoms with Crippen LogP contribution in [0.15, 0.2) is 52.5 Å². The number of benzene rings is 2. The Kier molecular flexibility index (Phi) is 7.22. The summed E-state index contributed by atoms with van der Waals surface area (Å²) in [7, 11) is 0. The first kappa shape index (κ1) is 30.1. The second-order valence-electron chi connectivity index (χ2n) is 9.27. The zero-order chi connectivity index (χ0) is 30.4. The van der Waals surface area contributed by atoms with Crippen LogP contribution in [0.5, 0.6) is 0 Å². The molecule has 1 heterocycles. The highest BCUT2D eigenvalue weighted by Crippen LogP contribution is 2.77. The summed E-state index contributed by atoms with van der Waals surface area (Å²) in [6.45, 7) is -0.738. The highest BCUT2D eigenvalue weighted by Gasteiger charge is 2.88. The lowest BCUT2D eigenvalue weighted by molar-refractivity contribution is -0.385. The van der Waals surface area contributed by atoms with Crippen molar-refractivity contribution in [1.82, 2.24) is 10.0 Å². The Hall–Kier alpha value is -2.38. The minimum absolute atomic E-state index is 0.000490. The molecule has 41 heavy (non-hydrogen) atoms. The maximum atomic E-state index is 14.0. The molecule has 2 aliphatic carbocycles. The Labute approximate surface area is 264 Å². The fourth-order valence-corrected chi connectivity index (χ4v) is 8.45. The van der Waals surface area contributed by atoms with E-state index in [4.69, 9.17) is 81.2 Å². The van der Waals surface area contributed by atoms with E-state index in [1.807, 2.05) is 0 Å². The first-order valence-electron chi connectivity index (χ1n) is 11.2.